The largest absolute Gasteiger partial charge is 0.497 e. The molecule has 88 valence electrons. The molecule has 1 saturated heterocycles. The summed E-state index contributed by atoms with van der Waals surface area (Å²) in [6, 6.07) is 8.73. The lowest BCUT2D eigenvalue weighted by Crippen LogP contribution is -2.26. The van der Waals surface area contributed by atoms with Gasteiger partial charge in [-0.05, 0) is 37.1 Å². The Kier molecular flexibility index (Phi) is 3.80. The molecule has 1 atom stereocenters. The molecule has 1 aromatic carbocycles. The summed E-state index contributed by atoms with van der Waals surface area (Å²) in [5.41, 5.74) is 1.33. The highest BCUT2D eigenvalue weighted by Gasteiger charge is 2.24. The molecule has 1 unspecified atom stereocenters. The molecule has 0 aromatic heterocycles. The van der Waals surface area contributed by atoms with E-state index in [1.54, 1.807) is 7.11 Å². The Morgan fingerprint density at radius 3 is 2.75 bits per heavy atom. The van der Waals surface area contributed by atoms with Gasteiger partial charge in [-0.1, -0.05) is 12.1 Å². The summed E-state index contributed by atoms with van der Waals surface area (Å²) < 4.78 is 5.15. The van der Waals surface area contributed by atoms with Gasteiger partial charge in [0.15, 0.2) is 0 Å². The first-order valence-corrected chi connectivity index (χ1v) is 5.84. The van der Waals surface area contributed by atoms with Gasteiger partial charge in [0.05, 0.1) is 13.7 Å². The van der Waals surface area contributed by atoms with E-state index in [2.05, 4.69) is 17.0 Å². The zero-order valence-corrected chi connectivity index (χ0v) is 9.72. The highest BCUT2D eigenvalue weighted by molar-refractivity contribution is 5.29. The first-order chi connectivity index (χ1) is 7.85. The molecule has 3 heteroatoms. The molecule has 1 N–H and O–H groups in total. The molecular formula is C13H19NO2. The number of aliphatic hydroxyl groups is 1. The van der Waals surface area contributed by atoms with E-state index in [1.807, 2.05) is 12.1 Å². The van der Waals surface area contributed by atoms with Crippen molar-refractivity contribution in [2.45, 2.75) is 18.9 Å². The standard InChI is InChI=1S/C13H19NO2/c1-16-12-6-4-11(5-7-12)13-3-2-8-14(13)9-10-15/h4-7,13,15H,2-3,8-10H2,1H3. The number of ether oxygens (including phenoxy) is 1. The molecule has 0 spiro atoms. The van der Waals surface area contributed by atoms with E-state index in [0.717, 1.165) is 18.8 Å². The lowest BCUT2D eigenvalue weighted by molar-refractivity contribution is 0.185. The summed E-state index contributed by atoms with van der Waals surface area (Å²) in [6.45, 7) is 2.11. The maximum atomic E-state index is 9.01. The molecule has 1 fully saturated rings. The van der Waals surface area contributed by atoms with E-state index in [9.17, 15) is 0 Å². The second-order valence-corrected chi connectivity index (χ2v) is 4.19. The predicted molar refractivity (Wildman–Crippen MR) is 63.6 cm³/mol. The van der Waals surface area contributed by atoms with E-state index in [-0.39, 0.29) is 6.61 Å². The summed E-state index contributed by atoms with van der Waals surface area (Å²) in [6.07, 6.45) is 2.41. The van der Waals surface area contributed by atoms with E-state index in [0.29, 0.717) is 6.04 Å². The van der Waals surface area contributed by atoms with Crippen LogP contribution in [0.25, 0.3) is 0 Å². The molecule has 2 rings (SSSR count). The molecule has 1 aliphatic heterocycles. The van der Waals surface area contributed by atoms with Crippen LogP contribution in [0.5, 0.6) is 5.75 Å². The molecule has 0 amide bonds. The lowest BCUT2D eigenvalue weighted by atomic mass is 10.0. The van der Waals surface area contributed by atoms with Crippen LogP contribution in [-0.2, 0) is 0 Å². The summed E-state index contributed by atoms with van der Waals surface area (Å²) in [4.78, 5) is 2.35. The van der Waals surface area contributed by atoms with Crippen LogP contribution < -0.4 is 4.74 Å². The zero-order chi connectivity index (χ0) is 11.4. The van der Waals surface area contributed by atoms with E-state index >= 15 is 0 Å². The van der Waals surface area contributed by atoms with Crippen molar-refractivity contribution in [1.82, 2.24) is 4.90 Å². The van der Waals surface area contributed by atoms with Crippen molar-refractivity contribution in [2.75, 3.05) is 26.8 Å². The topological polar surface area (TPSA) is 32.7 Å². The number of hydrogen-bond acceptors (Lipinski definition) is 3. The van der Waals surface area contributed by atoms with Gasteiger partial charge in [-0.2, -0.15) is 0 Å². The minimum Gasteiger partial charge on any atom is -0.497 e. The van der Waals surface area contributed by atoms with E-state index in [1.165, 1.54) is 18.4 Å². The van der Waals surface area contributed by atoms with Crippen LogP contribution >= 0.6 is 0 Å². The average molecular weight is 221 g/mol. The Hall–Kier alpha value is -1.06. The van der Waals surface area contributed by atoms with Crippen molar-refractivity contribution < 1.29 is 9.84 Å². The number of benzene rings is 1. The van der Waals surface area contributed by atoms with Crippen LogP contribution in [0.15, 0.2) is 24.3 Å². The lowest BCUT2D eigenvalue weighted by Gasteiger charge is -2.23. The van der Waals surface area contributed by atoms with Gasteiger partial charge in [0.2, 0.25) is 0 Å². The fourth-order valence-electron chi connectivity index (χ4n) is 2.43. The van der Waals surface area contributed by atoms with Crippen molar-refractivity contribution >= 4 is 0 Å². The molecule has 0 aliphatic carbocycles. The smallest absolute Gasteiger partial charge is 0.118 e. The van der Waals surface area contributed by atoms with Crippen LogP contribution in [-0.4, -0.2) is 36.8 Å². The molecule has 1 heterocycles. The second kappa shape index (κ2) is 5.32. The van der Waals surface area contributed by atoms with Crippen LogP contribution in [0.2, 0.25) is 0 Å². The van der Waals surface area contributed by atoms with E-state index in [4.69, 9.17) is 9.84 Å². The molecule has 16 heavy (non-hydrogen) atoms. The fraction of sp³-hybridized carbons (Fsp3) is 0.538. The first kappa shape index (κ1) is 11.4. The maximum Gasteiger partial charge on any atom is 0.118 e. The molecule has 0 radical (unpaired) electrons. The number of hydrogen-bond donors (Lipinski definition) is 1. The first-order valence-electron chi connectivity index (χ1n) is 5.84. The number of nitrogens with zero attached hydrogens (tertiary/aromatic N) is 1. The number of rotatable bonds is 4. The molecule has 1 aliphatic rings. The van der Waals surface area contributed by atoms with Gasteiger partial charge in [-0.3, -0.25) is 4.90 Å². The third-order valence-corrected chi connectivity index (χ3v) is 3.25. The molecule has 0 saturated carbocycles. The second-order valence-electron chi connectivity index (χ2n) is 4.19. The minimum absolute atomic E-state index is 0.243. The monoisotopic (exact) mass is 221 g/mol. The third-order valence-electron chi connectivity index (χ3n) is 3.25. The van der Waals surface area contributed by atoms with Gasteiger partial charge in [-0.25, -0.2) is 0 Å². The van der Waals surface area contributed by atoms with Gasteiger partial charge in [0.25, 0.3) is 0 Å². The molecule has 0 bridgehead atoms. The van der Waals surface area contributed by atoms with Crippen molar-refractivity contribution in [3.05, 3.63) is 29.8 Å². The van der Waals surface area contributed by atoms with Crippen LogP contribution in [0.3, 0.4) is 0 Å². The van der Waals surface area contributed by atoms with Crippen molar-refractivity contribution in [2.24, 2.45) is 0 Å². The Balaban J connectivity index is 2.09. The average Bonchev–Trinajstić information content (AvgIpc) is 2.78. The number of aliphatic hydroxyl groups excluding tert-OH is 1. The van der Waals surface area contributed by atoms with Gasteiger partial charge in [0.1, 0.15) is 5.75 Å². The zero-order valence-electron chi connectivity index (χ0n) is 9.72. The summed E-state index contributed by atoms with van der Waals surface area (Å²) in [5, 5.41) is 9.01. The summed E-state index contributed by atoms with van der Waals surface area (Å²) >= 11 is 0. The Morgan fingerprint density at radius 2 is 2.12 bits per heavy atom. The molecular weight excluding hydrogens is 202 g/mol. The summed E-state index contributed by atoms with van der Waals surface area (Å²) in [7, 11) is 1.68. The highest BCUT2D eigenvalue weighted by atomic mass is 16.5. The van der Waals surface area contributed by atoms with Crippen LogP contribution in [0.4, 0.5) is 0 Å². The van der Waals surface area contributed by atoms with Gasteiger partial charge in [0, 0.05) is 12.6 Å². The normalized spacial score (nSPS) is 21.2. The van der Waals surface area contributed by atoms with Gasteiger partial charge in [-0.15, -0.1) is 0 Å². The Labute approximate surface area is 96.6 Å². The van der Waals surface area contributed by atoms with Crippen LogP contribution in [0, 0.1) is 0 Å². The molecule has 1 aromatic rings. The van der Waals surface area contributed by atoms with Gasteiger partial charge >= 0.3 is 0 Å². The van der Waals surface area contributed by atoms with Crippen molar-refractivity contribution in [1.29, 1.82) is 0 Å². The SMILES string of the molecule is COc1ccc(C2CCCN2CCO)cc1. The van der Waals surface area contributed by atoms with Crippen molar-refractivity contribution in [3.63, 3.8) is 0 Å². The van der Waals surface area contributed by atoms with E-state index < -0.39 is 0 Å². The quantitative estimate of drug-likeness (QED) is 0.842. The Morgan fingerprint density at radius 1 is 1.38 bits per heavy atom. The minimum atomic E-state index is 0.243. The van der Waals surface area contributed by atoms with Crippen molar-refractivity contribution in [3.8, 4) is 5.75 Å². The molecule has 3 nitrogen and oxygen atoms in total. The third kappa shape index (κ3) is 2.36. The highest BCUT2D eigenvalue weighted by Crippen LogP contribution is 2.32. The predicted octanol–water partition coefficient (Wildman–Crippen LogP) is 1.82. The van der Waals surface area contributed by atoms with Crippen LogP contribution in [0.1, 0.15) is 24.4 Å². The number of methoxy groups -OCH3 is 1. The maximum absolute atomic E-state index is 9.01. The summed E-state index contributed by atoms with van der Waals surface area (Å²) in [5.74, 6) is 0.899. The van der Waals surface area contributed by atoms with Gasteiger partial charge < -0.3 is 9.84 Å². The number of likely N-dealkylation sites (tertiary alicyclic amines) is 1. The number of β-amino-alcohol motifs (C(OH)–C–C–N with tert-alkyl or cyclic N) is 1. The fourth-order valence-corrected chi connectivity index (χ4v) is 2.43. The Bertz CT molecular complexity index is 323.